The van der Waals surface area contributed by atoms with E-state index in [1.165, 1.54) is 0 Å². The first-order valence-electron chi connectivity index (χ1n) is 5.01. The van der Waals surface area contributed by atoms with Crippen molar-refractivity contribution >= 4 is 11.5 Å². The predicted octanol–water partition coefficient (Wildman–Crippen LogP) is 1.77. The third-order valence-corrected chi connectivity index (χ3v) is 2.52. The third kappa shape index (κ3) is 1.69. The van der Waals surface area contributed by atoms with Gasteiger partial charge in [0.15, 0.2) is 5.82 Å². The van der Waals surface area contributed by atoms with Crippen molar-refractivity contribution in [3.8, 4) is 0 Å². The Morgan fingerprint density at radius 1 is 1.38 bits per heavy atom. The number of aromatic nitrogens is 3. The van der Waals surface area contributed by atoms with Crippen LogP contribution in [0.4, 0.5) is 5.95 Å². The first-order chi connectivity index (χ1) is 7.59. The summed E-state index contributed by atoms with van der Waals surface area (Å²) in [6.45, 7) is 6.09. The Kier molecular flexibility index (Phi) is 2.48. The number of anilines is 1. The van der Waals surface area contributed by atoms with E-state index in [1.807, 2.05) is 38.2 Å². The SMILES string of the molecule is C=C(c1ccccc1C)c1nc(N)nn1C. The molecule has 0 amide bonds. The Bertz CT molecular complexity index is 540. The minimum Gasteiger partial charge on any atom is -0.366 e. The van der Waals surface area contributed by atoms with Crippen molar-refractivity contribution in [3.05, 3.63) is 47.8 Å². The molecular weight excluding hydrogens is 200 g/mol. The largest absolute Gasteiger partial charge is 0.366 e. The summed E-state index contributed by atoms with van der Waals surface area (Å²) < 4.78 is 1.64. The van der Waals surface area contributed by atoms with Gasteiger partial charge in [-0.05, 0) is 18.1 Å². The van der Waals surface area contributed by atoms with Crippen LogP contribution in [0.5, 0.6) is 0 Å². The molecule has 0 aliphatic rings. The third-order valence-electron chi connectivity index (χ3n) is 2.52. The minimum absolute atomic E-state index is 0.271. The fourth-order valence-electron chi connectivity index (χ4n) is 1.70. The summed E-state index contributed by atoms with van der Waals surface area (Å²) in [4.78, 5) is 4.16. The van der Waals surface area contributed by atoms with Gasteiger partial charge < -0.3 is 5.73 Å². The Morgan fingerprint density at radius 2 is 2.06 bits per heavy atom. The number of nitrogens with zero attached hydrogens (tertiary/aromatic N) is 3. The molecular formula is C12H14N4. The van der Waals surface area contributed by atoms with Crippen molar-refractivity contribution < 1.29 is 0 Å². The molecule has 0 bridgehead atoms. The van der Waals surface area contributed by atoms with E-state index >= 15 is 0 Å². The molecule has 2 N–H and O–H groups in total. The van der Waals surface area contributed by atoms with Gasteiger partial charge in [0.05, 0.1) is 0 Å². The highest BCUT2D eigenvalue weighted by Crippen LogP contribution is 2.22. The number of nitrogen functional groups attached to an aromatic ring is 1. The normalized spacial score (nSPS) is 10.4. The summed E-state index contributed by atoms with van der Waals surface area (Å²) in [6, 6.07) is 8.03. The zero-order valence-electron chi connectivity index (χ0n) is 9.44. The number of rotatable bonds is 2. The van der Waals surface area contributed by atoms with Crippen LogP contribution >= 0.6 is 0 Å². The lowest BCUT2D eigenvalue weighted by atomic mass is 10.0. The molecule has 0 aliphatic heterocycles. The van der Waals surface area contributed by atoms with Crippen molar-refractivity contribution in [1.29, 1.82) is 0 Å². The van der Waals surface area contributed by atoms with Gasteiger partial charge in [0, 0.05) is 12.6 Å². The molecule has 82 valence electrons. The molecule has 16 heavy (non-hydrogen) atoms. The van der Waals surface area contributed by atoms with E-state index in [1.54, 1.807) is 4.68 Å². The molecule has 0 unspecified atom stereocenters. The molecule has 0 atom stereocenters. The van der Waals surface area contributed by atoms with Gasteiger partial charge in [-0.1, -0.05) is 30.8 Å². The van der Waals surface area contributed by atoms with Crippen LogP contribution in [0.2, 0.25) is 0 Å². The molecule has 0 radical (unpaired) electrons. The van der Waals surface area contributed by atoms with E-state index < -0.39 is 0 Å². The summed E-state index contributed by atoms with van der Waals surface area (Å²) in [6.07, 6.45) is 0. The lowest BCUT2D eigenvalue weighted by Crippen LogP contribution is -2.00. The second kappa shape index (κ2) is 3.81. The molecule has 0 fully saturated rings. The minimum atomic E-state index is 0.271. The molecule has 0 saturated heterocycles. The van der Waals surface area contributed by atoms with Gasteiger partial charge in [-0.15, -0.1) is 5.10 Å². The van der Waals surface area contributed by atoms with Crippen molar-refractivity contribution in [1.82, 2.24) is 14.8 Å². The van der Waals surface area contributed by atoms with Crippen LogP contribution in [0.15, 0.2) is 30.8 Å². The highest BCUT2D eigenvalue weighted by Gasteiger charge is 2.11. The molecule has 2 rings (SSSR count). The summed E-state index contributed by atoms with van der Waals surface area (Å²) in [5, 5.41) is 4.01. The van der Waals surface area contributed by atoms with Crippen LogP contribution < -0.4 is 5.73 Å². The number of aryl methyl sites for hydroxylation is 2. The predicted molar refractivity (Wildman–Crippen MR) is 64.7 cm³/mol. The van der Waals surface area contributed by atoms with Gasteiger partial charge in [-0.3, -0.25) is 0 Å². The van der Waals surface area contributed by atoms with Crippen molar-refractivity contribution in [2.45, 2.75) is 6.92 Å². The number of benzene rings is 1. The summed E-state index contributed by atoms with van der Waals surface area (Å²) in [7, 11) is 1.81. The first-order valence-corrected chi connectivity index (χ1v) is 5.01. The van der Waals surface area contributed by atoms with Crippen LogP contribution in [-0.4, -0.2) is 14.8 Å². The molecule has 4 nitrogen and oxygen atoms in total. The second-order valence-electron chi connectivity index (χ2n) is 3.71. The summed E-state index contributed by atoms with van der Waals surface area (Å²) >= 11 is 0. The van der Waals surface area contributed by atoms with Gasteiger partial charge in [-0.2, -0.15) is 4.98 Å². The number of nitrogens with two attached hydrogens (primary N) is 1. The number of hydrogen-bond donors (Lipinski definition) is 1. The Morgan fingerprint density at radius 3 is 2.62 bits per heavy atom. The van der Waals surface area contributed by atoms with E-state index in [0.29, 0.717) is 5.82 Å². The highest BCUT2D eigenvalue weighted by molar-refractivity contribution is 5.76. The smallest absolute Gasteiger partial charge is 0.240 e. The molecule has 4 heteroatoms. The standard InChI is InChI=1S/C12H14N4/c1-8-6-4-5-7-10(8)9(2)11-14-12(13)15-16(11)3/h4-7H,2H2,1,3H3,(H2,13,15). The maximum atomic E-state index is 5.55. The van der Waals surface area contributed by atoms with Crippen LogP contribution in [0, 0.1) is 6.92 Å². The topological polar surface area (TPSA) is 56.7 Å². The molecule has 1 aromatic carbocycles. The van der Waals surface area contributed by atoms with E-state index in [4.69, 9.17) is 5.73 Å². The van der Waals surface area contributed by atoms with Crippen molar-refractivity contribution in [2.24, 2.45) is 7.05 Å². The van der Waals surface area contributed by atoms with E-state index in [2.05, 4.69) is 16.7 Å². The zero-order chi connectivity index (χ0) is 11.7. The van der Waals surface area contributed by atoms with Crippen molar-refractivity contribution in [2.75, 3.05) is 5.73 Å². The average Bonchev–Trinajstić information content (AvgIpc) is 2.58. The van der Waals surface area contributed by atoms with Crippen LogP contribution in [0.1, 0.15) is 17.0 Å². The Hall–Kier alpha value is -2.10. The van der Waals surface area contributed by atoms with E-state index in [9.17, 15) is 0 Å². The molecule has 1 heterocycles. The van der Waals surface area contributed by atoms with Crippen LogP contribution in [0.25, 0.3) is 5.57 Å². The second-order valence-corrected chi connectivity index (χ2v) is 3.71. The fourth-order valence-corrected chi connectivity index (χ4v) is 1.70. The molecule has 2 aromatic rings. The maximum Gasteiger partial charge on any atom is 0.240 e. The fraction of sp³-hybridized carbons (Fsp3) is 0.167. The monoisotopic (exact) mass is 214 g/mol. The molecule has 0 saturated carbocycles. The van der Waals surface area contributed by atoms with Gasteiger partial charge >= 0.3 is 0 Å². The lowest BCUT2D eigenvalue weighted by Gasteiger charge is -2.07. The quantitative estimate of drug-likeness (QED) is 0.828. The zero-order valence-corrected chi connectivity index (χ0v) is 9.44. The Labute approximate surface area is 94.4 Å². The van der Waals surface area contributed by atoms with Crippen LogP contribution in [-0.2, 0) is 7.05 Å². The Balaban J connectivity index is 2.47. The van der Waals surface area contributed by atoms with E-state index in [-0.39, 0.29) is 5.95 Å². The van der Waals surface area contributed by atoms with E-state index in [0.717, 1.165) is 16.7 Å². The maximum absolute atomic E-state index is 5.55. The average molecular weight is 214 g/mol. The highest BCUT2D eigenvalue weighted by atomic mass is 15.4. The van der Waals surface area contributed by atoms with Gasteiger partial charge in [0.2, 0.25) is 5.95 Å². The summed E-state index contributed by atoms with van der Waals surface area (Å²) in [5.74, 6) is 0.971. The molecule has 0 spiro atoms. The van der Waals surface area contributed by atoms with Crippen molar-refractivity contribution in [3.63, 3.8) is 0 Å². The van der Waals surface area contributed by atoms with Crippen LogP contribution in [0.3, 0.4) is 0 Å². The van der Waals surface area contributed by atoms with Gasteiger partial charge in [0.25, 0.3) is 0 Å². The summed E-state index contributed by atoms with van der Waals surface area (Å²) in [5.41, 5.74) is 8.62. The lowest BCUT2D eigenvalue weighted by molar-refractivity contribution is 0.756. The molecule has 1 aromatic heterocycles. The first kappa shape index (κ1) is 10.4. The van der Waals surface area contributed by atoms with Gasteiger partial charge in [-0.25, -0.2) is 4.68 Å². The number of hydrogen-bond acceptors (Lipinski definition) is 3. The molecule has 0 aliphatic carbocycles. The van der Waals surface area contributed by atoms with Gasteiger partial charge in [0.1, 0.15) is 0 Å².